The van der Waals surface area contributed by atoms with Crippen LogP contribution in [0.15, 0.2) is 47.5 Å². The van der Waals surface area contributed by atoms with Crippen LogP contribution in [0.1, 0.15) is 21.8 Å². The molecule has 0 radical (unpaired) electrons. The molecule has 0 bridgehead atoms. The fourth-order valence-corrected chi connectivity index (χ4v) is 3.91. The zero-order chi connectivity index (χ0) is 18.8. The third-order valence-corrected chi connectivity index (χ3v) is 5.29. The van der Waals surface area contributed by atoms with Crippen LogP contribution >= 0.6 is 0 Å². The molecule has 1 amide bonds. The molecule has 3 heterocycles. The van der Waals surface area contributed by atoms with Crippen LogP contribution in [0.2, 0.25) is 0 Å². The molecule has 0 N–H and O–H groups in total. The van der Waals surface area contributed by atoms with Crippen molar-refractivity contribution in [1.29, 1.82) is 0 Å². The normalized spacial score (nSPS) is 18.6. The van der Waals surface area contributed by atoms with Crippen molar-refractivity contribution in [3.63, 3.8) is 0 Å². The summed E-state index contributed by atoms with van der Waals surface area (Å²) in [7, 11) is 2.11. The van der Waals surface area contributed by atoms with Gasteiger partial charge in [-0.3, -0.25) is 9.78 Å². The highest BCUT2D eigenvalue weighted by molar-refractivity contribution is 5.93. The molecule has 2 aromatic heterocycles. The Morgan fingerprint density at radius 1 is 1.22 bits per heavy atom. The summed E-state index contributed by atoms with van der Waals surface area (Å²) < 4.78 is 5.22. The van der Waals surface area contributed by atoms with Crippen LogP contribution in [0.4, 0.5) is 0 Å². The monoisotopic (exact) mass is 364 g/mol. The van der Waals surface area contributed by atoms with Gasteiger partial charge in [-0.25, -0.2) is 4.98 Å². The maximum atomic E-state index is 12.9. The summed E-state index contributed by atoms with van der Waals surface area (Å²) >= 11 is 0. The first-order chi connectivity index (χ1) is 13.1. The van der Waals surface area contributed by atoms with E-state index in [1.807, 2.05) is 23.4 Å². The molecule has 27 heavy (non-hydrogen) atoms. The number of hydrogen-bond donors (Lipinski definition) is 0. The highest BCUT2D eigenvalue weighted by atomic mass is 16.3. The lowest BCUT2D eigenvalue weighted by Crippen LogP contribution is -2.37. The zero-order valence-electron chi connectivity index (χ0n) is 15.8. The van der Waals surface area contributed by atoms with Gasteiger partial charge in [0, 0.05) is 44.0 Å². The van der Waals surface area contributed by atoms with Crippen LogP contribution < -0.4 is 0 Å². The highest BCUT2D eigenvalue weighted by Gasteiger charge is 2.27. The molecule has 1 saturated heterocycles. The van der Waals surface area contributed by atoms with E-state index in [1.165, 1.54) is 17.3 Å². The van der Waals surface area contributed by atoms with Crippen LogP contribution in [0.25, 0.3) is 10.8 Å². The molecular weight excluding hydrogens is 340 g/mol. The molecule has 4 rings (SSSR count). The quantitative estimate of drug-likeness (QED) is 0.715. The standard InChI is InChI=1S/C21H24N4O2/c1-15-20(23-14-27-15)21(26)25-8-7-24(2)12-16(13-25)9-18-11-22-10-17-5-3-4-6-19(17)18/h3-6,10-11,14,16H,7-9,12-13H2,1-2H3. The minimum Gasteiger partial charge on any atom is -0.448 e. The number of pyridine rings is 1. The third kappa shape index (κ3) is 3.71. The Balaban J connectivity index is 1.57. The molecule has 1 fully saturated rings. The Labute approximate surface area is 158 Å². The predicted molar refractivity (Wildman–Crippen MR) is 104 cm³/mol. The van der Waals surface area contributed by atoms with Gasteiger partial charge in [0.2, 0.25) is 0 Å². The van der Waals surface area contributed by atoms with Crippen LogP contribution in [-0.2, 0) is 6.42 Å². The molecule has 6 nitrogen and oxygen atoms in total. The van der Waals surface area contributed by atoms with Gasteiger partial charge in [0.15, 0.2) is 12.1 Å². The lowest BCUT2D eigenvalue weighted by Gasteiger charge is -2.24. The molecule has 1 unspecified atom stereocenters. The summed E-state index contributed by atoms with van der Waals surface area (Å²) in [6, 6.07) is 8.34. The van der Waals surface area contributed by atoms with Crippen molar-refractivity contribution in [3.8, 4) is 0 Å². The molecule has 1 aliphatic heterocycles. The van der Waals surface area contributed by atoms with Crippen molar-refractivity contribution in [3.05, 3.63) is 60.1 Å². The zero-order valence-corrected chi connectivity index (χ0v) is 15.8. The van der Waals surface area contributed by atoms with Crippen molar-refractivity contribution < 1.29 is 9.21 Å². The number of carbonyl (C=O) groups excluding carboxylic acids is 1. The van der Waals surface area contributed by atoms with Crippen molar-refractivity contribution in [1.82, 2.24) is 19.8 Å². The number of nitrogens with zero attached hydrogens (tertiary/aromatic N) is 4. The summed E-state index contributed by atoms with van der Waals surface area (Å²) in [4.78, 5) is 25.7. The minimum atomic E-state index is -0.0439. The molecule has 3 aromatic rings. The van der Waals surface area contributed by atoms with E-state index >= 15 is 0 Å². The van der Waals surface area contributed by atoms with Gasteiger partial charge in [-0.1, -0.05) is 24.3 Å². The summed E-state index contributed by atoms with van der Waals surface area (Å²) in [5, 5.41) is 2.40. The van der Waals surface area contributed by atoms with Gasteiger partial charge in [-0.2, -0.15) is 0 Å². The molecule has 0 spiro atoms. The molecule has 0 aliphatic carbocycles. The lowest BCUT2D eigenvalue weighted by molar-refractivity contribution is 0.0739. The number of likely N-dealkylation sites (N-methyl/N-ethyl adjacent to an activating group) is 1. The number of fused-ring (bicyclic) bond motifs is 1. The summed E-state index contributed by atoms with van der Waals surface area (Å²) in [5.41, 5.74) is 1.66. The van der Waals surface area contributed by atoms with Crippen molar-refractivity contribution in [2.45, 2.75) is 13.3 Å². The van der Waals surface area contributed by atoms with E-state index in [9.17, 15) is 4.79 Å². The van der Waals surface area contributed by atoms with Gasteiger partial charge < -0.3 is 14.2 Å². The van der Waals surface area contributed by atoms with E-state index < -0.39 is 0 Å². The van der Waals surface area contributed by atoms with Crippen molar-refractivity contribution in [2.24, 2.45) is 5.92 Å². The second-order valence-electron chi connectivity index (χ2n) is 7.36. The van der Waals surface area contributed by atoms with Gasteiger partial charge in [0.1, 0.15) is 5.76 Å². The van der Waals surface area contributed by atoms with E-state index in [-0.39, 0.29) is 5.91 Å². The van der Waals surface area contributed by atoms with E-state index in [0.717, 1.165) is 24.9 Å². The van der Waals surface area contributed by atoms with Gasteiger partial charge >= 0.3 is 0 Å². The number of rotatable bonds is 3. The van der Waals surface area contributed by atoms with Crippen LogP contribution in [0, 0.1) is 12.8 Å². The topological polar surface area (TPSA) is 62.5 Å². The Morgan fingerprint density at radius 3 is 2.89 bits per heavy atom. The number of oxazole rings is 1. The summed E-state index contributed by atoms with van der Waals surface area (Å²) in [6.45, 7) is 4.99. The van der Waals surface area contributed by atoms with E-state index in [2.05, 4.69) is 40.1 Å². The molecule has 1 aromatic carbocycles. The first kappa shape index (κ1) is 17.7. The number of amides is 1. The summed E-state index contributed by atoms with van der Waals surface area (Å²) in [5.74, 6) is 0.867. The number of benzene rings is 1. The maximum Gasteiger partial charge on any atom is 0.276 e. The minimum absolute atomic E-state index is 0.0439. The molecule has 140 valence electrons. The maximum absolute atomic E-state index is 12.9. The fourth-order valence-electron chi connectivity index (χ4n) is 3.91. The van der Waals surface area contributed by atoms with E-state index in [4.69, 9.17) is 4.42 Å². The van der Waals surface area contributed by atoms with Crippen molar-refractivity contribution in [2.75, 3.05) is 33.2 Å². The molecule has 0 saturated carbocycles. The number of carbonyl (C=O) groups is 1. The van der Waals surface area contributed by atoms with E-state index in [0.29, 0.717) is 30.5 Å². The van der Waals surface area contributed by atoms with E-state index in [1.54, 1.807) is 6.92 Å². The number of aromatic nitrogens is 2. The summed E-state index contributed by atoms with van der Waals surface area (Å²) in [6.07, 6.45) is 6.09. The van der Waals surface area contributed by atoms with Gasteiger partial charge in [-0.15, -0.1) is 0 Å². The van der Waals surface area contributed by atoms with Crippen LogP contribution in [0.3, 0.4) is 0 Å². The van der Waals surface area contributed by atoms with Gasteiger partial charge in [-0.05, 0) is 37.3 Å². The Hall–Kier alpha value is -2.73. The Morgan fingerprint density at radius 2 is 2.07 bits per heavy atom. The largest absolute Gasteiger partial charge is 0.448 e. The average molecular weight is 364 g/mol. The highest BCUT2D eigenvalue weighted by Crippen LogP contribution is 2.22. The number of aryl methyl sites for hydroxylation is 1. The Kier molecular flexibility index (Phi) is 4.90. The van der Waals surface area contributed by atoms with Gasteiger partial charge in [0.05, 0.1) is 0 Å². The predicted octanol–water partition coefficient (Wildman–Crippen LogP) is 2.78. The molecule has 1 aliphatic rings. The second-order valence-corrected chi connectivity index (χ2v) is 7.36. The first-order valence-electron chi connectivity index (χ1n) is 9.31. The lowest BCUT2D eigenvalue weighted by atomic mass is 9.96. The smallest absolute Gasteiger partial charge is 0.276 e. The molecular formula is C21H24N4O2. The number of hydrogen-bond acceptors (Lipinski definition) is 5. The fraction of sp³-hybridized carbons (Fsp3) is 0.381. The third-order valence-electron chi connectivity index (χ3n) is 5.29. The Bertz CT molecular complexity index is 947. The second kappa shape index (κ2) is 7.48. The van der Waals surface area contributed by atoms with Crippen LogP contribution in [-0.4, -0.2) is 58.9 Å². The SMILES string of the molecule is Cc1ocnc1C(=O)N1CCN(C)CC(Cc2cncc3ccccc23)C1. The van der Waals surface area contributed by atoms with Gasteiger partial charge in [0.25, 0.3) is 5.91 Å². The first-order valence-corrected chi connectivity index (χ1v) is 9.31. The van der Waals surface area contributed by atoms with Crippen LogP contribution in [0.5, 0.6) is 0 Å². The van der Waals surface area contributed by atoms with Crippen molar-refractivity contribution >= 4 is 16.7 Å². The molecule has 1 atom stereocenters. The molecule has 6 heteroatoms. The average Bonchev–Trinajstić information content (AvgIpc) is 3.01.